The summed E-state index contributed by atoms with van der Waals surface area (Å²) in [5.41, 5.74) is 0. The summed E-state index contributed by atoms with van der Waals surface area (Å²) in [4.78, 5) is 18.9. The topological polar surface area (TPSA) is 70.0 Å². The summed E-state index contributed by atoms with van der Waals surface area (Å²) in [5, 5.41) is 0. The van der Waals surface area contributed by atoms with Crippen molar-refractivity contribution < 1.29 is 18.9 Å². The van der Waals surface area contributed by atoms with Gasteiger partial charge in [0, 0.05) is 6.04 Å². The van der Waals surface area contributed by atoms with Gasteiger partial charge in [0.25, 0.3) is 0 Å². The minimum absolute atomic E-state index is 0.126. The normalized spacial score (nSPS) is 23.1. The van der Waals surface area contributed by atoms with Crippen molar-refractivity contribution in [1.82, 2.24) is 4.90 Å². The van der Waals surface area contributed by atoms with Crippen LogP contribution in [0.25, 0.3) is 0 Å². The zero-order valence-electron chi connectivity index (χ0n) is 9.01. The molecular weight excluding hydrogens is 205 g/mol. The SMILES string of the molecule is CC.CN1CCCC1COP(=O)(O)O. The average Bonchev–Trinajstić information content (AvgIpc) is 2.50. The molecule has 6 heteroatoms. The van der Waals surface area contributed by atoms with Gasteiger partial charge in [-0.1, -0.05) is 13.8 Å². The summed E-state index contributed by atoms with van der Waals surface area (Å²) in [6.45, 7) is 5.11. The summed E-state index contributed by atoms with van der Waals surface area (Å²) in [6.07, 6.45) is 2.03. The first kappa shape index (κ1) is 14.1. The Bertz CT molecular complexity index is 194. The van der Waals surface area contributed by atoms with Crippen LogP contribution in [-0.2, 0) is 9.09 Å². The Kier molecular flexibility index (Phi) is 6.57. The smallest absolute Gasteiger partial charge is 0.303 e. The van der Waals surface area contributed by atoms with Crippen LogP contribution in [0.5, 0.6) is 0 Å². The van der Waals surface area contributed by atoms with Gasteiger partial charge in [-0.15, -0.1) is 0 Å². The van der Waals surface area contributed by atoms with Crippen molar-refractivity contribution in [3.05, 3.63) is 0 Å². The van der Waals surface area contributed by atoms with Crippen LogP contribution in [0.4, 0.5) is 0 Å². The van der Waals surface area contributed by atoms with Gasteiger partial charge in [-0.2, -0.15) is 0 Å². The fourth-order valence-corrected chi connectivity index (χ4v) is 1.74. The van der Waals surface area contributed by atoms with E-state index in [0.717, 1.165) is 19.4 Å². The lowest BCUT2D eigenvalue weighted by molar-refractivity contribution is 0.147. The third-order valence-corrected chi connectivity index (χ3v) is 2.59. The lowest BCUT2D eigenvalue weighted by Crippen LogP contribution is -2.28. The lowest BCUT2D eigenvalue weighted by Gasteiger charge is -2.18. The summed E-state index contributed by atoms with van der Waals surface area (Å²) >= 11 is 0. The molecule has 0 bridgehead atoms. The average molecular weight is 225 g/mol. The van der Waals surface area contributed by atoms with Crippen molar-refractivity contribution in [3.8, 4) is 0 Å². The zero-order chi connectivity index (χ0) is 11.2. The van der Waals surface area contributed by atoms with Gasteiger partial charge in [0.15, 0.2) is 0 Å². The van der Waals surface area contributed by atoms with Crippen LogP contribution in [0.2, 0.25) is 0 Å². The fourth-order valence-electron chi connectivity index (χ4n) is 1.37. The molecule has 2 N–H and O–H groups in total. The standard InChI is InChI=1S/C6H14NO4P.C2H6/c1-7-4-2-3-6(7)5-11-12(8,9)10;1-2/h6H,2-5H2,1H3,(H2,8,9,10);1-2H3. The molecular formula is C8H20NO4P. The van der Waals surface area contributed by atoms with Crippen molar-refractivity contribution in [2.24, 2.45) is 0 Å². The van der Waals surface area contributed by atoms with Crippen molar-refractivity contribution in [2.45, 2.75) is 32.7 Å². The predicted molar refractivity (Wildman–Crippen MR) is 55.0 cm³/mol. The van der Waals surface area contributed by atoms with Gasteiger partial charge in [-0.05, 0) is 26.4 Å². The maximum Gasteiger partial charge on any atom is 0.469 e. The Morgan fingerprint density at radius 3 is 2.43 bits per heavy atom. The molecule has 0 aromatic heterocycles. The van der Waals surface area contributed by atoms with Gasteiger partial charge in [0.05, 0.1) is 6.61 Å². The van der Waals surface area contributed by atoms with Crippen LogP contribution in [0.1, 0.15) is 26.7 Å². The van der Waals surface area contributed by atoms with Gasteiger partial charge < -0.3 is 14.7 Å². The highest BCUT2D eigenvalue weighted by Crippen LogP contribution is 2.36. The largest absolute Gasteiger partial charge is 0.469 e. The number of likely N-dealkylation sites (tertiary alicyclic amines) is 1. The van der Waals surface area contributed by atoms with E-state index in [1.807, 2.05) is 20.9 Å². The lowest BCUT2D eigenvalue weighted by atomic mass is 10.2. The molecule has 1 fully saturated rings. The first-order valence-electron chi connectivity index (χ1n) is 4.89. The molecule has 1 saturated heterocycles. The summed E-state index contributed by atoms with van der Waals surface area (Å²) in [7, 11) is -2.34. The quantitative estimate of drug-likeness (QED) is 0.706. The molecule has 0 amide bonds. The Morgan fingerprint density at radius 2 is 2.07 bits per heavy atom. The first-order chi connectivity index (χ1) is 6.49. The van der Waals surface area contributed by atoms with Crippen molar-refractivity contribution in [3.63, 3.8) is 0 Å². The molecule has 1 heterocycles. The monoisotopic (exact) mass is 225 g/mol. The van der Waals surface area contributed by atoms with Crippen LogP contribution < -0.4 is 0 Å². The van der Waals surface area contributed by atoms with Gasteiger partial charge in [0.2, 0.25) is 0 Å². The predicted octanol–water partition coefficient (Wildman–Crippen LogP) is 1.22. The molecule has 14 heavy (non-hydrogen) atoms. The third-order valence-electron chi connectivity index (χ3n) is 2.11. The molecule has 1 unspecified atom stereocenters. The fraction of sp³-hybridized carbons (Fsp3) is 1.00. The van der Waals surface area contributed by atoms with Crippen LogP contribution in [-0.4, -0.2) is 40.9 Å². The first-order valence-corrected chi connectivity index (χ1v) is 6.42. The van der Waals surface area contributed by atoms with Crippen LogP contribution in [0, 0.1) is 0 Å². The highest BCUT2D eigenvalue weighted by atomic mass is 31.2. The minimum Gasteiger partial charge on any atom is -0.303 e. The summed E-state index contributed by atoms with van der Waals surface area (Å²) in [5.74, 6) is 0. The van der Waals surface area contributed by atoms with Gasteiger partial charge >= 0.3 is 7.82 Å². The van der Waals surface area contributed by atoms with E-state index >= 15 is 0 Å². The summed E-state index contributed by atoms with van der Waals surface area (Å²) < 4.78 is 14.8. The molecule has 1 aliphatic rings. The van der Waals surface area contributed by atoms with Gasteiger partial charge in [-0.3, -0.25) is 4.52 Å². The summed E-state index contributed by atoms with van der Waals surface area (Å²) in [6, 6.07) is 0.164. The Labute approximate surface area is 85.3 Å². The number of hydrogen-bond donors (Lipinski definition) is 2. The minimum atomic E-state index is -4.27. The van der Waals surface area contributed by atoms with Crippen LogP contribution in [0.15, 0.2) is 0 Å². The van der Waals surface area contributed by atoms with Crippen molar-refractivity contribution in [2.75, 3.05) is 20.2 Å². The molecule has 1 atom stereocenters. The Morgan fingerprint density at radius 1 is 1.50 bits per heavy atom. The second-order valence-corrected chi connectivity index (χ2v) is 4.30. The second-order valence-electron chi connectivity index (χ2n) is 3.06. The van der Waals surface area contributed by atoms with Crippen molar-refractivity contribution >= 4 is 7.82 Å². The van der Waals surface area contributed by atoms with E-state index in [-0.39, 0.29) is 12.6 Å². The zero-order valence-corrected chi connectivity index (χ0v) is 9.91. The number of likely N-dealkylation sites (N-methyl/N-ethyl adjacent to an activating group) is 1. The van der Waals surface area contributed by atoms with E-state index < -0.39 is 7.82 Å². The van der Waals surface area contributed by atoms with E-state index in [4.69, 9.17) is 9.79 Å². The van der Waals surface area contributed by atoms with E-state index in [9.17, 15) is 4.57 Å². The van der Waals surface area contributed by atoms with Gasteiger partial charge in [-0.25, -0.2) is 4.57 Å². The van der Waals surface area contributed by atoms with Crippen LogP contribution in [0.3, 0.4) is 0 Å². The molecule has 0 radical (unpaired) electrons. The highest BCUT2D eigenvalue weighted by molar-refractivity contribution is 7.46. The maximum absolute atomic E-state index is 10.3. The Hall–Kier alpha value is 0.0700. The highest BCUT2D eigenvalue weighted by Gasteiger charge is 2.24. The molecule has 5 nitrogen and oxygen atoms in total. The number of phosphoric acid groups is 1. The number of rotatable bonds is 3. The molecule has 0 aromatic carbocycles. The number of nitrogens with zero attached hydrogens (tertiary/aromatic N) is 1. The van der Waals surface area contributed by atoms with E-state index in [2.05, 4.69) is 9.42 Å². The van der Waals surface area contributed by atoms with Crippen LogP contribution >= 0.6 is 7.82 Å². The molecule has 0 spiro atoms. The van der Waals surface area contributed by atoms with Crippen molar-refractivity contribution in [1.29, 1.82) is 0 Å². The third kappa shape index (κ3) is 5.73. The molecule has 1 rings (SSSR count). The Balaban J connectivity index is 0.000000791. The number of hydrogen-bond acceptors (Lipinski definition) is 3. The number of phosphoric ester groups is 1. The molecule has 0 aliphatic carbocycles. The van der Waals surface area contributed by atoms with E-state index in [1.54, 1.807) is 0 Å². The van der Waals surface area contributed by atoms with E-state index in [1.165, 1.54) is 0 Å². The van der Waals surface area contributed by atoms with E-state index in [0.29, 0.717) is 0 Å². The molecule has 0 saturated carbocycles. The molecule has 86 valence electrons. The van der Waals surface area contributed by atoms with Gasteiger partial charge in [0.1, 0.15) is 0 Å². The maximum atomic E-state index is 10.3. The second kappa shape index (κ2) is 6.53. The molecule has 0 aromatic rings. The molecule has 1 aliphatic heterocycles.